The van der Waals surface area contributed by atoms with Gasteiger partial charge in [0.15, 0.2) is 0 Å². The van der Waals surface area contributed by atoms with Gasteiger partial charge in [0.1, 0.15) is 22.7 Å². The SMILES string of the molecule is CC(C)(C)Oc1cc(-c2c3nc(c(-c4ccccc4)c4ccc([nH]4)c(-c4ccccc4)c4nc(c(-c5ccc(N)c(OC(C)(C)C)c5)c5ccc2[nH]5)C=C4)C=C3)ccc1N. The molecule has 8 nitrogen and oxygen atoms in total. The topological polar surface area (TPSA) is 128 Å². The highest BCUT2D eigenvalue weighted by Gasteiger charge is 2.22. The molecule has 2 aliphatic rings. The van der Waals surface area contributed by atoms with Crippen LogP contribution >= 0.6 is 0 Å². The molecular formula is C52H48N6O2. The van der Waals surface area contributed by atoms with Crippen molar-refractivity contribution in [3.63, 3.8) is 0 Å². The van der Waals surface area contributed by atoms with Crippen LogP contribution in [0.1, 0.15) is 64.3 Å². The fourth-order valence-corrected chi connectivity index (χ4v) is 7.85. The first-order chi connectivity index (χ1) is 28.8. The summed E-state index contributed by atoms with van der Waals surface area (Å²) in [6, 6.07) is 41.1. The quantitative estimate of drug-likeness (QED) is 0.124. The minimum atomic E-state index is -0.459. The molecule has 4 aromatic carbocycles. The summed E-state index contributed by atoms with van der Waals surface area (Å²) in [7, 11) is 0. The summed E-state index contributed by atoms with van der Waals surface area (Å²) in [5.74, 6) is 1.21. The molecule has 0 amide bonds. The van der Waals surface area contributed by atoms with Crippen LogP contribution in [0.15, 0.2) is 121 Å². The first kappa shape index (κ1) is 38.2. The van der Waals surface area contributed by atoms with Gasteiger partial charge in [-0.15, -0.1) is 0 Å². The molecule has 8 heteroatoms. The van der Waals surface area contributed by atoms with Gasteiger partial charge >= 0.3 is 0 Å². The van der Waals surface area contributed by atoms with Crippen molar-refractivity contribution < 1.29 is 9.47 Å². The predicted octanol–water partition coefficient (Wildman–Crippen LogP) is 12.8. The Morgan fingerprint density at radius 1 is 0.400 bits per heavy atom. The molecule has 298 valence electrons. The summed E-state index contributed by atoms with van der Waals surface area (Å²) >= 11 is 0. The van der Waals surface area contributed by atoms with Crippen LogP contribution in [-0.4, -0.2) is 31.1 Å². The molecule has 6 N–H and O–H groups in total. The number of nitrogens with zero attached hydrogens (tertiary/aromatic N) is 2. The molecule has 0 spiro atoms. The summed E-state index contributed by atoms with van der Waals surface area (Å²) in [5.41, 5.74) is 27.7. The molecule has 0 radical (unpaired) electrons. The smallest absolute Gasteiger partial charge is 0.143 e. The number of ether oxygens (including phenoxy) is 2. The van der Waals surface area contributed by atoms with Crippen LogP contribution in [0, 0.1) is 0 Å². The van der Waals surface area contributed by atoms with Gasteiger partial charge in [0, 0.05) is 44.3 Å². The molecule has 9 rings (SSSR count). The van der Waals surface area contributed by atoms with Crippen LogP contribution < -0.4 is 20.9 Å². The second-order valence-corrected chi connectivity index (χ2v) is 17.2. The standard InChI is InChI=1S/C52H48N6O2/c1-51(2,3)59-45-29-33(17-19-35(45)53)49-41-25-23-39(56-41)47(31-13-9-7-10-14-31)37-21-22-38(55-37)48(32-15-11-8-12-16-32)40-24-26-42(57-40)50(44-28-27-43(49)58-44)34-18-20-36(54)46(30-34)60-52(4,5)6/h7-30,55,58H,53-54H2,1-6H3. The van der Waals surface area contributed by atoms with Gasteiger partial charge < -0.3 is 30.9 Å². The highest BCUT2D eigenvalue weighted by Crippen LogP contribution is 2.41. The number of benzene rings is 4. The van der Waals surface area contributed by atoms with Gasteiger partial charge in [-0.1, -0.05) is 72.8 Å². The molecule has 2 aliphatic heterocycles. The summed E-state index contributed by atoms with van der Waals surface area (Å²) < 4.78 is 12.8. The molecule has 0 unspecified atom stereocenters. The van der Waals surface area contributed by atoms with Crippen molar-refractivity contribution in [2.45, 2.75) is 52.7 Å². The lowest BCUT2D eigenvalue weighted by Crippen LogP contribution is -2.23. The molecular weight excluding hydrogens is 741 g/mol. The van der Waals surface area contributed by atoms with Crippen molar-refractivity contribution in [3.8, 4) is 56.0 Å². The van der Waals surface area contributed by atoms with Gasteiger partial charge in [-0.25, -0.2) is 9.97 Å². The average Bonchev–Trinajstić information content (AvgIpc) is 4.05. The third-order valence-corrected chi connectivity index (χ3v) is 10.3. The van der Waals surface area contributed by atoms with Gasteiger partial charge in [0.25, 0.3) is 0 Å². The fraction of sp³-hybridized carbons (Fsp3) is 0.154. The zero-order chi connectivity index (χ0) is 41.8. The monoisotopic (exact) mass is 788 g/mol. The van der Waals surface area contributed by atoms with Crippen LogP contribution in [0.25, 0.3) is 90.9 Å². The molecule has 0 saturated heterocycles. The van der Waals surface area contributed by atoms with Crippen LogP contribution in [0.5, 0.6) is 11.5 Å². The molecule has 0 fully saturated rings. The van der Waals surface area contributed by atoms with Gasteiger partial charge in [0.2, 0.25) is 0 Å². The van der Waals surface area contributed by atoms with Crippen LogP contribution in [0.3, 0.4) is 0 Å². The van der Waals surface area contributed by atoms with Crippen LogP contribution in [0.2, 0.25) is 0 Å². The Hall–Kier alpha value is -7.32. The Bertz CT molecular complexity index is 2810. The van der Waals surface area contributed by atoms with E-state index < -0.39 is 11.2 Å². The zero-order valence-corrected chi connectivity index (χ0v) is 34.7. The maximum Gasteiger partial charge on any atom is 0.143 e. The normalized spacial score (nSPS) is 12.5. The first-order valence-electron chi connectivity index (χ1n) is 20.2. The second kappa shape index (κ2) is 14.8. The average molecular weight is 789 g/mol. The Labute approximate surface area is 350 Å². The second-order valence-electron chi connectivity index (χ2n) is 17.2. The minimum absolute atomic E-state index is 0.459. The number of anilines is 2. The number of hydrogen-bond donors (Lipinski definition) is 4. The number of aromatic amines is 2. The van der Waals surface area contributed by atoms with E-state index in [0.717, 1.165) is 89.4 Å². The Kier molecular flexibility index (Phi) is 9.43. The van der Waals surface area contributed by atoms with E-state index >= 15 is 0 Å². The number of nitrogens with two attached hydrogens (primary N) is 2. The Morgan fingerprint density at radius 3 is 1.03 bits per heavy atom. The van der Waals surface area contributed by atoms with Crippen molar-refractivity contribution in [2.24, 2.45) is 0 Å². The molecule has 3 aromatic heterocycles. The molecule has 8 bridgehead atoms. The van der Waals surface area contributed by atoms with Crippen molar-refractivity contribution in [2.75, 3.05) is 11.5 Å². The summed E-state index contributed by atoms with van der Waals surface area (Å²) in [4.78, 5) is 18.5. The molecule has 60 heavy (non-hydrogen) atoms. The molecule has 0 atom stereocenters. The number of hydrogen-bond acceptors (Lipinski definition) is 6. The third kappa shape index (κ3) is 7.55. The van der Waals surface area contributed by atoms with E-state index in [4.69, 9.17) is 30.9 Å². The largest absolute Gasteiger partial charge is 0.486 e. The number of fused-ring (bicyclic) bond motifs is 8. The van der Waals surface area contributed by atoms with Gasteiger partial charge in [-0.3, -0.25) is 0 Å². The highest BCUT2D eigenvalue weighted by atomic mass is 16.5. The van der Waals surface area contributed by atoms with Gasteiger partial charge in [-0.05, 0) is 137 Å². The molecule has 5 heterocycles. The number of H-pyrrole nitrogens is 2. The van der Waals surface area contributed by atoms with Crippen molar-refractivity contribution in [3.05, 3.63) is 144 Å². The van der Waals surface area contributed by atoms with E-state index in [-0.39, 0.29) is 0 Å². The zero-order valence-electron chi connectivity index (χ0n) is 34.7. The number of nitrogen functional groups attached to an aromatic ring is 2. The highest BCUT2D eigenvalue weighted by molar-refractivity contribution is 6.00. The minimum Gasteiger partial charge on any atom is -0.486 e. The Balaban J connectivity index is 1.44. The lowest BCUT2D eigenvalue weighted by molar-refractivity contribution is 0.131. The Morgan fingerprint density at radius 2 is 0.717 bits per heavy atom. The summed E-state index contributed by atoms with van der Waals surface area (Å²) in [5, 5.41) is 0. The van der Waals surface area contributed by atoms with Crippen LogP contribution in [0.4, 0.5) is 11.4 Å². The number of nitrogens with one attached hydrogen (secondary N) is 2. The van der Waals surface area contributed by atoms with E-state index in [0.29, 0.717) is 22.9 Å². The molecule has 0 aliphatic carbocycles. The van der Waals surface area contributed by atoms with E-state index in [1.807, 2.05) is 90.1 Å². The predicted molar refractivity (Wildman–Crippen MR) is 250 cm³/mol. The third-order valence-electron chi connectivity index (χ3n) is 10.3. The van der Waals surface area contributed by atoms with Crippen molar-refractivity contribution in [1.29, 1.82) is 0 Å². The van der Waals surface area contributed by atoms with Crippen LogP contribution in [-0.2, 0) is 0 Å². The van der Waals surface area contributed by atoms with Crippen molar-refractivity contribution >= 4 is 57.7 Å². The maximum absolute atomic E-state index is 6.53. The fourth-order valence-electron chi connectivity index (χ4n) is 7.85. The number of rotatable bonds is 6. The van der Waals surface area contributed by atoms with Gasteiger partial charge in [0.05, 0.1) is 34.2 Å². The lowest BCUT2D eigenvalue weighted by Gasteiger charge is -2.23. The summed E-state index contributed by atoms with van der Waals surface area (Å²) in [6.45, 7) is 12.1. The van der Waals surface area contributed by atoms with E-state index in [1.165, 1.54) is 0 Å². The number of aromatic nitrogens is 4. The van der Waals surface area contributed by atoms with Crippen molar-refractivity contribution in [1.82, 2.24) is 19.9 Å². The van der Waals surface area contributed by atoms with E-state index in [2.05, 4.69) is 107 Å². The first-order valence-corrected chi connectivity index (χ1v) is 20.2. The van der Waals surface area contributed by atoms with E-state index in [9.17, 15) is 0 Å². The molecule has 0 saturated carbocycles. The lowest BCUT2D eigenvalue weighted by atomic mass is 10.0. The summed E-state index contributed by atoms with van der Waals surface area (Å²) in [6.07, 6.45) is 8.37. The molecule has 7 aromatic rings. The van der Waals surface area contributed by atoms with E-state index in [1.54, 1.807) is 0 Å². The van der Waals surface area contributed by atoms with Gasteiger partial charge in [-0.2, -0.15) is 0 Å². The maximum atomic E-state index is 6.53.